The summed E-state index contributed by atoms with van der Waals surface area (Å²) >= 11 is 3.17. The normalized spacial score (nSPS) is 22.3. The second kappa shape index (κ2) is 10.6. The van der Waals surface area contributed by atoms with Crippen LogP contribution >= 0.6 is 15.9 Å². The molecule has 176 valence electrons. The molecule has 1 fully saturated rings. The molecule has 1 aromatic heterocycles. The Labute approximate surface area is 198 Å². The number of nitrogens with two attached hydrogens (primary N) is 1. The lowest BCUT2D eigenvalue weighted by Crippen LogP contribution is -2.43. The summed E-state index contributed by atoms with van der Waals surface area (Å²) in [6.45, 7) is 4.26. The third-order valence-corrected chi connectivity index (χ3v) is 5.12. The highest BCUT2D eigenvalue weighted by molar-refractivity contribution is 9.11. The first-order valence-corrected chi connectivity index (χ1v) is 11.0. The van der Waals surface area contributed by atoms with Gasteiger partial charge < -0.3 is 24.7 Å². The molecular formula is C22H24BrN3O7. The average Bonchev–Trinajstić information content (AvgIpc) is 3.06. The van der Waals surface area contributed by atoms with Crippen LogP contribution in [0.25, 0.3) is 6.08 Å². The Bertz CT molecular complexity index is 1100. The molecule has 0 aliphatic carbocycles. The number of carbonyl (C=O) groups is 2. The first-order chi connectivity index (χ1) is 15.7. The highest BCUT2D eigenvalue weighted by Crippen LogP contribution is 2.35. The summed E-state index contributed by atoms with van der Waals surface area (Å²) in [5, 5.41) is 0. The highest BCUT2D eigenvalue weighted by Gasteiger charge is 2.50. The van der Waals surface area contributed by atoms with Crippen LogP contribution in [0, 0.1) is 6.92 Å². The molecule has 11 heteroatoms. The maximum absolute atomic E-state index is 12.7. The number of hydrogen-bond acceptors (Lipinski definition) is 9. The molecule has 1 aliphatic rings. The number of halogens is 1. The Hall–Kier alpha value is -3.18. The Morgan fingerprint density at radius 2 is 1.91 bits per heavy atom. The second-order valence-corrected chi connectivity index (χ2v) is 7.93. The monoisotopic (exact) mass is 521 g/mol. The number of carbonyl (C=O) groups excluding carboxylic acids is 2. The molecule has 0 amide bonds. The molecule has 3 rings (SSSR count). The van der Waals surface area contributed by atoms with Gasteiger partial charge in [0, 0.05) is 25.6 Å². The minimum Gasteiger partial charge on any atom is -0.483 e. The third kappa shape index (κ3) is 5.99. The predicted octanol–water partition coefficient (Wildman–Crippen LogP) is 2.34. The van der Waals surface area contributed by atoms with Crippen LogP contribution < -0.4 is 16.2 Å². The van der Waals surface area contributed by atoms with Crippen molar-refractivity contribution < 1.29 is 28.5 Å². The molecule has 1 aliphatic heterocycles. The lowest BCUT2D eigenvalue weighted by Gasteiger charge is -2.25. The molecule has 4 atom stereocenters. The van der Waals surface area contributed by atoms with Crippen molar-refractivity contribution in [2.75, 3.05) is 12.3 Å². The Kier molecular flexibility index (Phi) is 7.88. The van der Waals surface area contributed by atoms with E-state index < -0.39 is 42.2 Å². The zero-order valence-electron chi connectivity index (χ0n) is 18.3. The summed E-state index contributed by atoms with van der Waals surface area (Å²) in [5.41, 5.74) is 6.60. The van der Waals surface area contributed by atoms with Gasteiger partial charge in [-0.25, -0.2) is 4.79 Å². The van der Waals surface area contributed by atoms with Crippen LogP contribution in [0.4, 0.5) is 5.82 Å². The number of nitrogens with zero attached hydrogens (tertiary/aromatic N) is 2. The second-order valence-electron chi connectivity index (χ2n) is 7.40. The van der Waals surface area contributed by atoms with Crippen molar-refractivity contribution in [3.63, 3.8) is 0 Å². The molecule has 33 heavy (non-hydrogen) atoms. The van der Waals surface area contributed by atoms with E-state index in [0.29, 0.717) is 11.3 Å². The van der Waals surface area contributed by atoms with Crippen molar-refractivity contribution in [3.05, 3.63) is 57.1 Å². The van der Waals surface area contributed by atoms with Gasteiger partial charge in [-0.2, -0.15) is 4.98 Å². The minimum atomic E-state index is -1.10. The predicted molar refractivity (Wildman–Crippen MR) is 123 cm³/mol. The molecule has 2 N–H and O–H groups in total. The van der Waals surface area contributed by atoms with E-state index in [1.165, 1.54) is 24.6 Å². The molecule has 1 saturated heterocycles. The summed E-state index contributed by atoms with van der Waals surface area (Å²) in [7, 11) is 0. The van der Waals surface area contributed by atoms with Crippen molar-refractivity contribution in [1.29, 1.82) is 0 Å². The van der Waals surface area contributed by atoms with Gasteiger partial charge in [-0.15, -0.1) is 0 Å². The van der Waals surface area contributed by atoms with E-state index >= 15 is 0 Å². The minimum absolute atomic E-state index is 0.0258. The van der Waals surface area contributed by atoms with E-state index in [4.69, 9.17) is 24.7 Å². The summed E-state index contributed by atoms with van der Waals surface area (Å²) in [4.78, 5) is 41.4. The fraction of sp³-hybridized carbons (Fsp3) is 0.364. The zero-order valence-corrected chi connectivity index (χ0v) is 19.9. The summed E-state index contributed by atoms with van der Waals surface area (Å²) in [5.74, 6) is -0.601. The van der Waals surface area contributed by atoms with Crippen molar-refractivity contribution in [2.24, 2.45) is 0 Å². The van der Waals surface area contributed by atoms with Crippen LogP contribution in [0.15, 0.2) is 40.2 Å². The molecule has 0 spiro atoms. The fourth-order valence-corrected chi connectivity index (χ4v) is 3.66. The largest absolute Gasteiger partial charge is 0.483 e. The fourth-order valence-electron chi connectivity index (χ4n) is 3.37. The quantitative estimate of drug-likeness (QED) is 0.545. The Balaban J connectivity index is 2.04. The standard InChI is InChI=1S/C22H24BrN3O7/c1-12-4-6-16(7-5-12)32-18-17(11-30-13(2)27)33-21(19(18)31-14(3)28)26-10-15(8-9-23)20(24)25-22(26)29/h4-10,17-19,21H,11H2,1-3H3,(H2,24,25,29)/t17-,18+,19-,21-/m1/s1. The van der Waals surface area contributed by atoms with Gasteiger partial charge in [-0.3, -0.25) is 14.2 Å². The van der Waals surface area contributed by atoms with E-state index in [2.05, 4.69) is 20.9 Å². The number of aromatic nitrogens is 2. The van der Waals surface area contributed by atoms with Crippen molar-refractivity contribution in [2.45, 2.75) is 45.3 Å². The van der Waals surface area contributed by atoms with Gasteiger partial charge in [-0.05, 0) is 30.1 Å². The average molecular weight is 522 g/mol. The van der Waals surface area contributed by atoms with Gasteiger partial charge in [-0.1, -0.05) is 33.6 Å². The van der Waals surface area contributed by atoms with E-state index in [1.807, 2.05) is 19.1 Å². The Morgan fingerprint density at radius 1 is 1.21 bits per heavy atom. The van der Waals surface area contributed by atoms with Crippen molar-refractivity contribution >= 4 is 39.8 Å². The van der Waals surface area contributed by atoms with Gasteiger partial charge in [0.25, 0.3) is 0 Å². The van der Waals surface area contributed by atoms with Crippen LogP contribution in [-0.2, 0) is 23.8 Å². The number of nitrogen functional groups attached to an aromatic ring is 1. The molecule has 0 bridgehead atoms. The lowest BCUT2D eigenvalue weighted by molar-refractivity contribution is -0.155. The van der Waals surface area contributed by atoms with Gasteiger partial charge >= 0.3 is 17.6 Å². The molecule has 0 saturated carbocycles. The van der Waals surface area contributed by atoms with Crippen LogP contribution in [0.1, 0.15) is 31.2 Å². The van der Waals surface area contributed by atoms with E-state index in [-0.39, 0.29) is 12.4 Å². The van der Waals surface area contributed by atoms with Crippen LogP contribution in [0.2, 0.25) is 0 Å². The molecule has 0 radical (unpaired) electrons. The van der Waals surface area contributed by atoms with Gasteiger partial charge in [0.15, 0.2) is 18.4 Å². The highest BCUT2D eigenvalue weighted by atomic mass is 79.9. The maximum Gasteiger partial charge on any atom is 0.351 e. The molecule has 10 nitrogen and oxygen atoms in total. The van der Waals surface area contributed by atoms with Crippen LogP contribution in [0.3, 0.4) is 0 Å². The number of esters is 2. The first kappa shape index (κ1) is 24.5. The molecule has 0 unspecified atom stereocenters. The maximum atomic E-state index is 12.7. The van der Waals surface area contributed by atoms with E-state index in [9.17, 15) is 14.4 Å². The SMILES string of the molecule is CC(=O)OC[C@H]1O[C@@H](n2cc(C=CBr)c(N)nc2=O)[C@H](OC(C)=O)[C@H]1Oc1ccc(C)cc1. The number of aryl methyl sites for hydroxylation is 1. The summed E-state index contributed by atoms with van der Waals surface area (Å²) in [6.07, 6.45) is -0.836. The molecular weight excluding hydrogens is 498 g/mol. The van der Waals surface area contributed by atoms with E-state index in [0.717, 1.165) is 5.56 Å². The lowest BCUT2D eigenvalue weighted by atomic mass is 10.1. The van der Waals surface area contributed by atoms with Crippen LogP contribution in [-0.4, -0.2) is 46.4 Å². The van der Waals surface area contributed by atoms with Crippen molar-refractivity contribution in [1.82, 2.24) is 9.55 Å². The number of hydrogen-bond donors (Lipinski definition) is 1. The number of ether oxygens (including phenoxy) is 4. The van der Waals surface area contributed by atoms with Gasteiger partial charge in [0.1, 0.15) is 24.3 Å². The molecule has 2 heterocycles. The van der Waals surface area contributed by atoms with Crippen LogP contribution in [0.5, 0.6) is 5.75 Å². The number of benzene rings is 1. The molecule has 1 aromatic carbocycles. The van der Waals surface area contributed by atoms with E-state index in [1.54, 1.807) is 23.2 Å². The summed E-state index contributed by atoms with van der Waals surface area (Å²) < 4.78 is 24.0. The third-order valence-electron chi connectivity index (χ3n) is 4.86. The van der Waals surface area contributed by atoms with Gasteiger partial charge in [0.2, 0.25) is 0 Å². The number of rotatable bonds is 7. The van der Waals surface area contributed by atoms with Gasteiger partial charge in [0.05, 0.1) is 0 Å². The number of anilines is 1. The smallest absolute Gasteiger partial charge is 0.351 e. The topological polar surface area (TPSA) is 132 Å². The zero-order chi connectivity index (χ0) is 24.1. The Morgan fingerprint density at radius 3 is 2.52 bits per heavy atom. The molecule has 2 aromatic rings. The summed E-state index contributed by atoms with van der Waals surface area (Å²) in [6, 6.07) is 7.23. The first-order valence-electron chi connectivity index (χ1n) is 10.0. The van der Waals surface area contributed by atoms with Crippen molar-refractivity contribution in [3.8, 4) is 5.75 Å².